The average Bonchev–Trinajstić information content (AvgIpc) is 2.82. The number of nitrogens with two attached hydrogens (primary N) is 1. The molecular formula is C19H27ClN4O. The second-order valence-electron chi connectivity index (χ2n) is 6.84. The topological polar surface area (TPSA) is 72.9 Å². The van der Waals surface area contributed by atoms with Crippen LogP contribution >= 0.6 is 11.6 Å². The monoisotopic (exact) mass is 362 g/mol. The standard InChI is InChI=1S/C19H27ClN4O/c1-12(2)9-16(11-21)22-19(25)10-18-13(3)23-24(14(18)4)17-7-5-15(20)6-8-17/h5-8,12,16H,9-11,21H2,1-4H3,(H,22,25). The molecule has 0 aliphatic carbocycles. The first-order valence-electron chi connectivity index (χ1n) is 8.62. The van der Waals surface area contributed by atoms with E-state index in [1.54, 1.807) is 0 Å². The minimum atomic E-state index is -0.0158. The maximum Gasteiger partial charge on any atom is 0.224 e. The first kappa shape index (κ1) is 19.5. The van der Waals surface area contributed by atoms with Crippen LogP contribution in [0, 0.1) is 19.8 Å². The predicted octanol–water partition coefficient (Wildman–Crippen LogP) is 3.17. The van der Waals surface area contributed by atoms with Crippen molar-refractivity contribution in [2.75, 3.05) is 6.54 Å². The first-order valence-corrected chi connectivity index (χ1v) is 9.00. The van der Waals surface area contributed by atoms with E-state index in [1.165, 1.54) is 0 Å². The zero-order chi connectivity index (χ0) is 18.6. The molecule has 0 fully saturated rings. The summed E-state index contributed by atoms with van der Waals surface area (Å²) >= 11 is 5.95. The van der Waals surface area contributed by atoms with E-state index >= 15 is 0 Å². The van der Waals surface area contributed by atoms with Crippen LogP contribution < -0.4 is 11.1 Å². The highest BCUT2D eigenvalue weighted by Gasteiger charge is 2.18. The van der Waals surface area contributed by atoms with E-state index in [9.17, 15) is 4.79 Å². The highest BCUT2D eigenvalue weighted by molar-refractivity contribution is 6.30. The van der Waals surface area contributed by atoms with Crippen molar-refractivity contribution in [2.24, 2.45) is 11.7 Å². The molecule has 1 unspecified atom stereocenters. The minimum Gasteiger partial charge on any atom is -0.352 e. The normalized spacial score (nSPS) is 12.4. The van der Waals surface area contributed by atoms with Gasteiger partial charge in [0, 0.05) is 28.9 Å². The number of nitrogens with one attached hydrogen (secondary N) is 1. The number of carbonyl (C=O) groups excluding carboxylic acids is 1. The van der Waals surface area contributed by atoms with Crippen LogP contribution in [0.2, 0.25) is 5.02 Å². The minimum absolute atomic E-state index is 0.0134. The number of nitrogens with zero attached hydrogens (tertiary/aromatic N) is 2. The lowest BCUT2D eigenvalue weighted by atomic mass is 10.0. The summed E-state index contributed by atoms with van der Waals surface area (Å²) < 4.78 is 1.85. The van der Waals surface area contributed by atoms with Crippen molar-refractivity contribution in [2.45, 2.75) is 46.6 Å². The molecule has 1 aromatic carbocycles. The molecule has 0 saturated heterocycles. The van der Waals surface area contributed by atoms with Crippen LogP contribution in [-0.2, 0) is 11.2 Å². The van der Waals surface area contributed by atoms with E-state index in [4.69, 9.17) is 17.3 Å². The fourth-order valence-electron chi connectivity index (χ4n) is 2.99. The number of hydrogen-bond donors (Lipinski definition) is 2. The Hall–Kier alpha value is -1.85. The third-order valence-electron chi connectivity index (χ3n) is 4.26. The van der Waals surface area contributed by atoms with Gasteiger partial charge in [0.25, 0.3) is 0 Å². The number of aryl methyl sites for hydroxylation is 1. The molecule has 1 amide bonds. The lowest BCUT2D eigenvalue weighted by molar-refractivity contribution is -0.121. The second kappa shape index (κ2) is 8.50. The molecule has 2 aromatic rings. The van der Waals surface area contributed by atoms with Crippen molar-refractivity contribution in [1.82, 2.24) is 15.1 Å². The predicted molar refractivity (Wildman–Crippen MR) is 102 cm³/mol. The van der Waals surface area contributed by atoms with Crippen molar-refractivity contribution < 1.29 is 4.79 Å². The summed E-state index contributed by atoms with van der Waals surface area (Å²) in [5.74, 6) is 0.475. The highest BCUT2D eigenvalue weighted by Crippen LogP contribution is 2.20. The maximum atomic E-state index is 12.4. The van der Waals surface area contributed by atoms with Gasteiger partial charge in [-0.2, -0.15) is 5.10 Å². The van der Waals surface area contributed by atoms with Crippen LogP contribution in [0.25, 0.3) is 5.69 Å². The van der Waals surface area contributed by atoms with Gasteiger partial charge in [-0.05, 0) is 50.5 Å². The van der Waals surface area contributed by atoms with E-state index in [1.807, 2.05) is 42.8 Å². The Morgan fingerprint density at radius 1 is 1.28 bits per heavy atom. The molecule has 6 heteroatoms. The van der Waals surface area contributed by atoms with Gasteiger partial charge in [0.15, 0.2) is 0 Å². The lowest BCUT2D eigenvalue weighted by Crippen LogP contribution is -2.41. The zero-order valence-corrected chi connectivity index (χ0v) is 16.1. The van der Waals surface area contributed by atoms with E-state index in [0.717, 1.165) is 29.1 Å². The molecule has 1 aromatic heterocycles. The number of hydrogen-bond acceptors (Lipinski definition) is 3. The number of carbonyl (C=O) groups is 1. The van der Waals surface area contributed by atoms with Crippen molar-refractivity contribution in [1.29, 1.82) is 0 Å². The Morgan fingerprint density at radius 3 is 2.48 bits per heavy atom. The summed E-state index contributed by atoms with van der Waals surface area (Å²) in [7, 11) is 0. The van der Waals surface area contributed by atoms with Gasteiger partial charge in [0.2, 0.25) is 5.91 Å². The molecule has 136 valence electrons. The van der Waals surface area contributed by atoms with Crippen LogP contribution in [0.1, 0.15) is 37.2 Å². The molecule has 0 saturated carbocycles. The summed E-state index contributed by atoms with van der Waals surface area (Å²) in [6.45, 7) is 8.60. The molecular weight excluding hydrogens is 336 g/mol. The van der Waals surface area contributed by atoms with Gasteiger partial charge in [-0.1, -0.05) is 25.4 Å². The Balaban J connectivity index is 2.15. The Morgan fingerprint density at radius 2 is 1.92 bits per heavy atom. The molecule has 1 heterocycles. The van der Waals surface area contributed by atoms with Gasteiger partial charge in [-0.25, -0.2) is 4.68 Å². The maximum absolute atomic E-state index is 12.4. The number of halogens is 1. The molecule has 2 rings (SSSR count). The third kappa shape index (κ3) is 5.06. The summed E-state index contributed by atoms with van der Waals surface area (Å²) in [4.78, 5) is 12.4. The summed E-state index contributed by atoms with van der Waals surface area (Å²) in [6.07, 6.45) is 1.18. The van der Waals surface area contributed by atoms with Gasteiger partial charge in [0.05, 0.1) is 17.8 Å². The third-order valence-corrected chi connectivity index (χ3v) is 4.51. The van der Waals surface area contributed by atoms with E-state index in [2.05, 4.69) is 24.3 Å². The molecule has 25 heavy (non-hydrogen) atoms. The average molecular weight is 363 g/mol. The van der Waals surface area contributed by atoms with Gasteiger partial charge in [0.1, 0.15) is 0 Å². The molecule has 0 aliphatic heterocycles. The molecule has 3 N–H and O–H groups in total. The van der Waals surface area contributed by atoms with Crippen molar-refractivity contribution >= 4 is 17.5 Å². The van der Waals surface area contributed by atoms with Crippen molar-refractivity contribution in [3.8, 4) is 5.69 Å². The number of amides is 1. The van der Waals surface area contributed by atoms with Crippen molar-refractivity contribution in [3.05, 3.63) is 46.2 Å². The SMILES string of the molecule is Cc1nn(-c2ccc(Cl)cc2)c(C)c1CC(=O)NC(CN)CC(C)C. The molecule has 0 aliphatic rings. The van der Waals surface area contributed by atoms with Gasteiger partial charge < -0.3 is 11.1 Å². The van der Waals surface area contributed by atoms with Gasteiger partial charge in [-0.15, -0.1) is 0 Å². The Labute approximate surface area is 154 Å². The summed E-state index contributed by atoms with van der Waals surface area (Å²) in [6, 6.07) is 7.51. The summed E-state index contributed by atoms with van der Waals surface area (Å²) in [5.41, 5.74) is 9.47. The van der Waals surface area contributed by atoms with Crippen LogP contribution in [0.5, 0.6) is 0 Å². The number of aromatic nitrogens is 2. The van der Waals surface area contributed by atoms with Crippen LogP contribution in [0.4, 0.5) is 0 Å². The molecule has 1 atom stereocenters. The summed E-state index contributed by atoms with van der Waals surface area (Å²) in [5, 5.41) is 8.30. The van der Waals surface area contributed by atoms with Crippen LogP contribution in [0.3, 0.4) is 0 Å². The molecule has 0 bridgehead atoms. The van der Waals surface area contributed by atoms with Gasteiger partial charge in [-0.3, -0.25) is 4.79 Å². The highest BCUT2D eigenvalue weighted by atomic mass is 35.5. The Kier molecular flexibility index (Phi) is 6.62. The molecule has 0 spiro atoms. The first-order chi connectivity index (χ1) is 11.8. The lowest BCUT2D eigenvalue weighted by Gasteiger charge is -2.18. The molecule has 5 nitrogen and oxygen atoms in total. The fourth-order valence-corrected chi connectivity index (χ4v) is 3.11. The smallest absolute Gasteiger partial charge is 0.224 e. The Bertz CT molecular complexity index is 722. The van der Waals surface area contributed by atoms with Crippen LogP contribution in [0.15, 0.2) is 24.3 Å². The van der Waals surface area contributed by atoms with E-state index in [-0.39, 0.29) is 11.9 Å². The van der Waals surface area contributed by atoms with Gasteiger partial charge >= 0.3 is 0 Å². The van der Waals surface area contributed by atoms with Crippen LogP contribution in [-0.4, -0.2) is 28.3 Å². The zero-order valence-electron chi connectivity index (χ0n) is 15.3. The number of benzene rings is 1. The van der Waals surface area contributed by atoms with E-state index < -0.39 is 0 Å². The fraction of sp³-hybridized carbons (Fsp3) is 0.474. The number of rotatable bonds is 7. The quantitative estimate of drug-likeness (QED) is 0.794. The van der Waals surface area contributed by atoms with E-state index in [0.29, 0.717) is 23.9 Å². The second-order valence-corrected chi connectivity index (χ2v) is 7.28. The largest absolute Gasteiger partial charge is 0.352 e. The van der Waals surface area contributed by atoms with Crippen molar-refractivity contribution in [3.63, 3.8) is 0 Å². The molecule has 0 radical (unpaired) electrons.